The van der Waals surface area contributed by atoms with Gasteiger partial charge in [-0.1, -0.05) is 24.3 Å². The molecule has 3 aromatic carbocycles. The Balaban J connectivity index is 1.26. The Labute approximate surface area is 220 Å². The van der Waals surface area contributed by atoms with Crippen molar-refractivity contribution in [3.8, 4) is 17.2 Å². The third-order valence-electron chi connectivity index (χ3n) is 8.19. The molecule has 7 heteroatoms. The number of ketones is 1. The highest BCUT2D eigenvalue weighted by atomic mass is 16.6. The van der Waals surface area contributed by atoms with E-state index >= 15 is 0 Å². The topological polar surface area (TPSA) is 82.4 Å². The second-order valence-electron chi connectivity index (χ2n) is 10.9. The van der Waals surface area contributed by atoms with E-state index in [9.17, 15) is 4.79 Å². The zero-order valence-corrected chi connectivity index (χ0v) is 20.9. The van der Waals surface area contributed by atoms with Gasteiger partial charge in [0.2, 0.25) is 0 Å². The van der Waals surface area contributed by atoms with Crippen LogP contribution in [0.3, 0.4) is 0 Å². The van der Waals surface area contributed by atoms with Crippen LogP contribution >= 0.6 is 0 Å². The molecule has 3 fully saturated rings. The molecule has 0 radical (unpaired) electrons. The van der Waals surface area contributed by atoms with Gasteiger partial charge in [0.15, 0.2) is 5.78 Å². The molecule has 2 aliphatic carbocycles. The first kappa shape index (κ1) is 22.6. The van der Waals surface area contributed by atoms with Crippen molar-refractivity contribution in [2.24, 2.45) is 0 Å². The highest BCUT2D eigenvalue weighted by Gasteiger charge is 2.47. The summed E-state index contributed by atoms with van der Waals surface area (Å²) in [6.45, 7) is 3.71. The Bertz CT molecular complexity index is 1420. The summed E-state index contributed by atoms with van der Waals surface area (Å²) >= 11 is 0. The van der Waals surface area contributed by atoms with Gasteiger partial charge in [0, 0.05) is 11.1 Å². The molecule has 3 unspecified atom stereocenters. The summed E-state index contributed by atoms with van der Waals surface area (Å²) in [5.41, 5.74) is 3.33. The van der Waals surface area contributed by atoms with Crippen molar-refractivity contribution in [3.05, 3.63) is 70.8 Å². The largest absolute Gasteiger partial charge is 0.491 e. The zero-order valence-electron chi connectivity index (χ0n) is 20.9. The number of benzene rings is 3. The van der Waals surface area contributed by atoms with Crippen LogP contribution < -0.4 is 14.2 Å². The lowest BCUT2D eigenvalue weighted by atomic mass is 9.61. The number of rotatable bonds is 9. The summed E-state index contributed by atoms with van der Waals surface area (Å²) in [7, 11) is 0. The molecule has 7 nitrogen and oxygen atoms in total. The van der Waals surface area contributed by atoms with Crippen molar-refractivity contribution in [2.75, 3.05) is 39.6 Å². The van der Waals surface area contributed by atoms with Gasteiger partial charge in [0.05, 0.1) is 25.2 Å². The highest BCUT2D eigenvalue weighted by molar-refractivity contribution is 6.08. The van der Waals surface area contributed by atoms with Gasteiger partial charge in [0.25, 0.3) is 0 Å². The van der Waals surface area contributed by atoms with E-state index in [1.54, 1.807) is 6.08 Å². The monoisotopic (exact) mass is 512 g/mol. The van der Waals surface area contributed by atoms with Gasteiger partial charge in [0.1, 0.15) is 55.4 Å². The summed E-state index contributed by atoms with van der Waals surface area (Å²) in [6, 6.07) is 14.3. The third-order valence-corrected chi connectivity index (χ3v) is 8.19. The van der Waals surface area contributed by atoms with Crippen LogP contribution in [-0.2, 0) is 37.3 Å². The van der Waals surface area contributed by atoms with Gasteiger partial charge >= 0.3 is 0 Å². The Hall–Kier alpha value is -3.39. The molecule has 3 aromatic rings. The first-order chi connectivity index (χ1) is 18.7. The second-order valence-corrected chi connectivity index (χ2v) is 10.9. The molecule has 0 saturated carbocycles. The Morgan fingerprint density at radius 3 is 1.89 bits per heavy atom. The molecule has 38 heavy (non-hydrogen) atoms. The van der Waals surface area contributed by atoms with Crippen LogP contribution in [0.2, 0.25) is 0 Å². The van der Waals surface area contributed by atoms with Crippen molar-refractivity contribution in [1.29, 1.82) is 0 Å². The fourth-order valence-corrected chi connectivity index (χ4v) is 5.87. The van der Waals surface area contributed by atoms with Crippen LogP contribution in [0.4, 0.5) is 0 Å². The summed E-state index contributed by atoms with van der Waals surface area (Å²) < 4.78 is 34.8. The molecule has 0 bridgehead atoms. The van der Waals surface area contributed by atoms with Crippen LogP contribution in [0.25, 0.3) is 16.8 Å². The van der Waals surface area contributed by atoms with Crippen molar-refractivity contribution in [1.82, 2.24) is 0 Å². The standard InChI is InChI=1S/C31H28O7/c32-29-8-4-18-1-5-20(33-12-21-13-34-21)9-26(18)31(29)10-24-27(37-16-22-14-35-22)6-2-19-3-7-28(25(11-31)30(19)24)38-17-23-15-36-23/h1-9,21-23H,10-17H2. The fourth-order valence-electron chi connectivity index (χ4n) is 5.87. The van der Waals surface area contributed by atoms with E-state index in [0.717, 1.165) is 70.1 Å². The summed E-state index contributed by atoms with van der Waals surface area (Å²) in [6.07, 6.45) is 5.16. The minimum atomic E-state index is -0.787. The average Bonchev–Trinajstić information content (AvgIpc) is 3.79. The zero-order chi connectivity index (χ0) is 25.3. The Kier molecular flexibility index (Phi) is 5.09. The minimum Gasteiger partial charge on any atom is -0.491 e. The van der Waals surface area contributed by atoms with Crippen molar-refractivity contribution >= 4 is 22.6 Å². The van der Waals surface area contributed by atoms with E-state index in [-0.39, 0.29) is 24.1 Å². The van der Waals surface area contributed by atoms with Crippen LogP contribution in [0.5, 0.6) is 17.2 Å². The minimum absolute atomic E-state index is 0.0899. The third kappa shape index (κ3) is 3.97. The maximum atomic E-state index is 14.0. The van der Waals surface area contributed by atoms with E-state index < -0.39 is 5.41 Å². The molecule has 3 aliphatic heterocycles. The Morgan fingerprint density at radius 2 is 1.32 bits per heavy atom. The number of ether oxygens (including phenoxy) is 6. The van der Waals surface area contributed by atoms with E-state index in [4.69, 9.17) is 28.4 Å². The van der Waals surface area contributed by atoms with Gasteiger partial charge in [-0.3, -0.25) is 4.79 Å². The molecule has 3 heterocycles. The maximum Gasteiger partial charge on any atom is 0.166 e. The van der Waals surface area contributed by atoms with Crippen LogP contribution in [0.15, 0.2) is 48.5 Å². The second kappa shape index (κ2) is 8.56. The number of fused-ring (bicyclic) bond motifs is 2. The predicted molar refractivity (Wildman–Crippen MR) is 139 cm³/mol. The van der Waals surface area contributed by atoms with Crippen LogP contribution in [-0.4, -0.2) is 63.7 Å². The average molecular weight is 513 g/mol. The van der Waals surface area contributed by atoms with Crippen molar-refractivity contribution < 1.29 is 33.2 Å². The molecule has 0 N–H and O–H groups in total. The van der Waals surface area contributed by atoms with Gasteiger partial charge in [-0.15, -0.1) is 0 Å². The molecule has 0 amide bonds. The summed E-state index contributed by atoms with van der Waals surface area (Å²) in [5, 5.41) is 2.25. The molecule has 5 aliphatic rings. The quantitative estimate of drug-likeness (QED) is 0.404. The molecule has 3 atom stereocenters. The smallest absolute Gasteiger partial charge is 0.166 e. The van der Waals surface area contributed by atoms with Crippen molar-refractivity contribution in [2.45, 2.75) is 36.6 Å². The first-order valence-electron chi connectivity index (χ1n) is 13.3. The number of carbonyl (C=O) groups is 1. The normalized spacial score (nSPS) is 27.8. The van der Waals surface area contributed by atoms with Gasteiger partial charge in [-0.25, -0.2) is 0 Å². The van der Waals surface area contributed by atoms with Crippen LogP contribution in [0.1, 0.15) is 22.3 Å². The number of allylic oxidation sites excluding steroid dienone is 1. The number of hydrogen-bond donors (Lipinski definition) is 0. The number of epoxide rings is 3. The molecular formula is C31H28O7. The summed E-state index contributed by atoms with van der Waals surface area (Å²) in [5.74, 6) is 2.45. The lowest BCUT2D eigenvalue weighted by Crippen LogP contribution is -2.43. The molecule has 194 valence electrons. The summed E-state index contributed by atoms with van der Waals surface area (Å²) in [4.78, 5) is 14.0. The Morgan fingerprint density at radius 1 is 0.737 bits per heavy atom. The maximum absolute atomic E-state index is 14.0. The molecule has 3 saturated heterocycles. The fraction of sp³-hybridized carbons (Fsp3) is 0.387. The number of carbonyl (C=O) groups excluding carboxylic acids is 1. The van der Waals surface area contributed by atoms with E-state index in [1.807, 2.05) is 36.4 Å². The number of hydrogen-bond acceptors (Lipinski definition) is 7. The highest BCUT2D eigenvalue weighted by Crippen LogP contribution is 2.50. The van der Waals surface area contributed by atoms with E-state index in [1.165, 1.54) is 0 Å². The van der Waals surface area contributed by atoms with Gasteiger partial charge in [-0.05, 0) is 65.1 Å². The molecule has 0 aromatic heterocycles. The van der Waals surface area contributed by atoms with Gasteiger partial charge < -0.3 is 28.4 Å². The lowest BCUT2D eigenvalue weighted by Gasteiger charge is -2.40. The van der Waals surface area contributed by atoms with Crippen molar-refractivity contribution in [3.63, 3.8) is 0 Å². The van der Waals surface area contributed by atoms with Crippen LogP contribution in [0, 0.1) is 0 Å². The molecule has 1 spiro atoms. The van der Waals surface area contributed by atoms with Gasteiger partial charge in [-0.2, -0.15) is 0 Å². The molecular weight excluding hydrogens is 484 g/mol. The lowest BCUT2D eigenvalue weighted by molar-refractivity contribution is -0.120. The SMILES string of the molecule is O=C1C=Cc2ccc(OCC3CO3)cc2C12Cc1c(OCC3CO3)ccc3ccc(OCC4CO4)c(c13)C2. The van der Waals surface area contributed by atoms with E-state index in [0.29, 0.717) is 32.7 Å². The van der Waals surface area contributed by atoms with E-state index in [2.05, 4.69) is 12.1 Å². The first-order valence-corrected chi connectivity index (χ1v) is 13.3. The molecule has 8 rings (SSSR count). The predicted octanol–water partition coefficient (Wildman–Crippen LogP) is 3.81.